The summed E-state index contributed by atoms with van der Waals surface area (Å²) in [5.41, 5.74) is 1.73. The van der Waals surface area contributed by atoms with Gasteiger partial charge in [0, 0.05) is 29.1 Å². The molecule has 0 aliphatic rings. The molecule has 0 spiro atoms. The van der Waals surface area contributed by atoms with E-state index in [9.17, 15) is 9.59 Å². The molecule has 1 heterocycles. The first-order valence-corrected chi connectivity index (χ1v) is 5.40. The minimum Gasteiger partial charge on any atom is -0.465 e. The second-order valence-corrected chi connectivity index (χ2v) is 3.70. The molecule has 0 atom stereocenters. The van der Waals surface area contributed by atoms with E-state index in [0.717, 1.165) is 5.52 Å². The Morgan fingerprint density at radius 3 is 2.71 bits per heavy atom. The number of aromatic nitrogens is 1. The molecule has 1 aromatic heterocycles. The van der Waals surface area contributed by atoms with Gasteiger partial charge in [-0.3, -0.25) is 4.79 Å². The number of H-pyrrole nitrogens is 1. The average Bonchev–Trinajstić information content (AvgIpc) is 2.80. The Morgan fingerprint density at radius 2 is 2.06 bits per heavy atom. The molecule has 2 aromatic rings. The van der Waals surface area contributed by atoms with Gasteiger partial charge in [-0.05, 0) is 12.1 Å². The first-order chi connectivity index (χ1) is 8.19. The maximum absolute atomic E-state index is 11.8. The summed E-state index contributed by atoms with van der Waals surface area (Å²) in [6.45, 7) is 1.79. The van der Waals surface area contributed by atoms with Crippen molar-refractivity contribution < 1.29 is 14.3 Å². The zero-order chi connectivity index (χ0) is 12.4. The summed E-state index contributed by atoms with van der Waals surface area (Å²) in [5, 5.41) is 0.645. The number of ketones is 1. The van der Waals surface area contributed by atoms with Crippen LogP contribution in [0.4, 0.5) is 0 Å². The number of carbonyl (C=O) groups excluding carboxylic acids is 2. The molecule has 0 bridgehead atoms. The number of methoxy groups -OCH3 is 1. The lowest BCUT2D eigenvalue weighted by molar-refractivity contribution is 0.0603. The highest BCUT2D eigenvalue weighted by molar-refractivity contribution is 6.14. The van der Waals surface area contributed by atoms with Crippen LogP contribution >= 0.6 is 0 Å². The highest BCUT2D eigenvalue weighted by atomic mass is 16.5. The predicted octanol–water partition coefficient (Wildman–Crippen LogP) is 2.55. The van der Waals surface area contributed by atoms with Crippen LogP contribution in [0.25, 0.3) is 10.9 Å². The highest BCUT2D eigenvalue weighted by Crippen LogP contribution is 2.24. The molecule has 17 heavy (non-hydrogen) atoms. The SMILES string of the molecule is CCC(=O)c1c[nH]c2cccc(C(=O)OC)c12. The lowest BCUT2D eigenvalue weighted by Crippen LogP contribution is -2.04. The number of hydrogen-bond donors (Lipinski definition) is 1. The molecule has 1 aromatic carbocycles. The van der Waals surface area contributed by atoms with Crippen molar-refractivity contribution in [1.82, 2.24) is 4.98 Å². The van der Waals surface area contributed by atoms with Crippen LogP contribution in [-0.2, 0) is 4.74 Å². The fourth-order valence-corrected chi connectivity index (χ4v) is 1.88. The molecule has 88 valence electrons. The number of nitrogens with one attached hydrogen (secondary N) is 1. The van der Waals surface area contributed by atoms with Crippen LogP contribution in [0, 0.1) is 0 Å². The summed E-state index contributed by atoms with van der Waals surface area (Å²) in [5.74, 6) is -0.423. The first kappa shape index (κ1) is 11.4. The van der Waals surface area contributed by atoms with Gasteiger partial charge in [-0.2, -0.15) is 0 Å². The number of Topliss-reactive ketones (excluding diaryl/α,β-unsaturated/α-hetero) is 1. The molecule has 0 saturated heterocycles. The Labute approximate surface area is 98.6 Å². The number of benzene rings is 1. The number of hydrogen-bond acceptors (Lipinski definition) is 3. The summed E-state index contributed by atoms with van der Waals surface area (Å²) in [4.78, 5) is 26.4. The number of esters is 1. The van der Waals surface area contributed by atoms with Gasteiger partial charge in [0.15, 0.2) is 5.78 Å². The standard InChI is InChI=1S/C13H13NO3/c1-3-11(15)9-7-14-10-6-4-5-8(12(9)10)13(16)17-2/h4-7,14H,3H2,1-2H3. The number of carbonyl (C=O) groups is 2. The van der Waals surface area contributed by atoms with E-state index in [1.54, 1.807) is 25.3 Å². The number of rotatable bonds is 3. The van der Waals surface area contributed by atoms with Crippen molar-refractivity contribution in [2.75, 3.05) is 7.11 Å². The fraction of sp³-hybridized carbons (Fsp3) is 0.231. The molecule has 0 unspecified atom stereocenters. The van der Waals surface area contributed by atoms with E-state index < -0.39 is 5.97 Å². The molecule has 0 radical (unpaired) electrons. The normalized spacial score (nSPS) is 10.5. The quantitative estimate of drug-likeness (QED) is 0.652. The summed E-state index contributed by atoms with van der Waals surface area (Å²) in [7, 11) is 1.33. The van der Waals surface area contributed by atoms with Gasteiger partial charge in [0.25, 0.3) is 0 Å². The predicted molar refractivity (Wildman–Crippen MR) is 64.3 cm³/mol. The molecule has 0 fully saturated rings. The zero-order valence-corrected chi connectivity index (χ0v) is 9.74. The molecular formula is C13H13NO3. The molecule has 0 amide bonds. The summed E-state index contributed by atoms with van der Waals surface area (Å²) >= 11 is 0. The van der Waals surface area contributed by atoms with Crippen molar-refractivity contribution in [1.29, 1.82) is 0 Å². The third-order valence-electron chi connectivity index (χ3n) is 2.73. The van der Waals surface area contributed by atoms with Crippen LogP contribution < -0.4 is 0 Å². The number of aromatic amines is 1. The van der Waals surface area contributed by atoms with Gasteiger partial charge in [0.2, 0.25) is 0 Å². The Hall–Kier alpha value is -2.10. The van der Waals surface area contributed by atoms with Gasteiger partial charge < -0.3 is 9.72 Å². The molecule has 4 nitrogen and oxygen atoms in total. The highest BCUT2D eigenvalue weighted by Gasteiger charge is 2.17. The average molecular weight is 231 g/mol. The minimum atomic E-state index is -0.430. The van der Waals surface area contributed by atoms with Gasteiger partial charge >= 0.3 is 5.97 Å². The van der Waals surface area contributed by atoms with E-state index in [1.165, 1.54) is 7.11 Å². The van der Waals surface area contributed by atoms with Crippen LogP contribution in [0.15, 0.2) is 24.4 Å². The van der Waals surface area contributed by atoms with Crippen molar-refractivity contribution in [2.24, 2.45) is 0 Å². The zero-order valence-electron chi connectivity index (χ0n) is 9.74. The van der Waals surface area contributed by atoms with E-state index in [0.29, 0.717) is 22.9 Å². The van der Waals surface area contributed by atoms with Gasteiger partial charge in [-0.15, -0.1) is 0 Å². The number of ether oxygens (including phenoxy) is 1. The summed E-state index contributed by atoms with van der Waals surface area (Å²) in [6, 6.07) is 5.24. The van der Waals surface area contributed by atoms with Crippen LogP contribution in [0.1, 0.15) is 34.1 Å². The lowest BCUT2D eigenvalue weighted by Gasteiger charge is -2.03. The Balaban J connectivity index is 2.72. The molecule has 4 heteroatoms. The third-order valence-corrected chi connectivity index (χ3v) is 2.73. The van der Waals surface area contributed by atoms with E-state index in [1.807, 2.05) is 6.07 Å². The first-order valence-electron chi connectivity index (χ1n) is 5.40. The number of fused-ring (bicyclic) bond motifs is 1. The van der Waals surface area contributed by atoms with E-state index in [4.69, 9.17) is 4.74 Å². The second kappa shape index (κ2) is 4.41. The molecule has 0 aliphatic heterocycles. The topological polar surface area (TPSA) is 59.2 Å². The Bertz CT molecular complexity index is 583. The summed E-state index contributed by atoms with van der Waals surface area (Å²) in [6.07, 6.45) is 2.05. The van der Waals surface area contributed by atoms with Crippen molar-refractivity contribution in [3.63, 3.8) is 0 Å². The van der Waals surface area contributed by atoms with Crippen molar-refractivity contribution >= 4 is 22.7 Å². The van der Waals surface area contributed by atoms with Crippen LogP contribution in [0.5, 0.6) is 0 Å². The van der Waals surface area contributed by atoms with Crippen LogP contribution in [0.3, 0.4) is 0 Å². The lowest BCUT2D eigenvalue weighted by atomic mass is 10.0. The van der Waals surface area contributed by atoms with Gasteiger partial charge in [-0.25, -0.2) is 4.79 Å². The Morgan fingerprint density at radius 1 is 1.29 bits per heavy atom. The van der Waals surface area contributed by atoms with Gasteiger partial charge in [0.05, 0.1) is 12.7 Å². The molecule has 2 rings (SSSR count). The van der Waals surface area contributed by atoms with Crippen molar-refractivity contribution in [3.05, 3.63) is 35.5 Å². The van der Waals surface area contributed by atoms with Gasteiger partial charge in [-0.1, -0.05) is 13.0 Å². The summed E-state index contributed by atoms with van der Waals surface area (Å²) < 4.78 is 4.72. The van der Waals surface area contributed by atoms with E-state index >= 15 is 0 Å². The Kier molecular flexibility index (Phi) is 2.95. The molecular weight excluding hydrogens is 218 g/mol. The molecule has 0 aliphatic carbocycles. The van der Waals surface area contributed by atoms with Crippen LogP contribution in [0.2, 0.25) is 0 Å². The largest absolute Gasteiger partial charge is 0.465 e. The smallest absolute Gasteiger partial charge is 0.338 e. The maximum atomic E-state index is 11.8. The maximum Gasteiger partial charge on any atom is 0.338 e. The van der Waals surface area contributed by atoms with Crippen molar-refractivity contribution in [2.45, 2.75) is 13.3 Å². The van der Waals surface area contributed by atoms with E-state index in [2.05, 4.69) is 4.98 Å². The van der Waals surface area contributed by atoms with E-state index in [-0.39, 0.29) is 5.78 Å². The third kappa shape index (κ3) is 1.82. The fourth-order valence-electron chi connectivity index (χ4n) is 1.88. The minimum absolute atomic E-state index is 0.00704. The van der Waals surface area contributed by atoms with Gasteiger partial charge in [0.1, 0.15) is 0 Å². The second-order valence-electron chi connectivity index (χ2n) is 3.70. The molecule has 1 N–H and O–H groups in total. The molecule has 0 saturated carbocycles. The monoisotopic (exact) mass is 231 g/mol. The van der Waals surface area contributed by atoms with Crippen molar-refractivity contribution in [3.8, 4) is 0 Å². The van der Waals surface area contributed by atoms with Crippen LogP contribution in [-0.4, -0.2) is 23.8 Å².